The van der Waals surface area contributed by atoms with Gasteiger partial charge >= 0.3 is 0 Å². The van der Waals surface area contributed by atoms with Crippen LogP contribution in [0.1, 0.15) is 0 Å². The monoisotopic (exact) mass is 306 g/mol. The quantitative estimate of drug-likeness (QED) is 0.868. The van der Waals surface area contributed by atoms with Crippen LogP contribution in [0, 0.1) is 0 Å². The molecule has 120 valence electrons. The van der Waals surface area contributed by atoms with Gasteiger partial charge in [0.2, 0.25) is 0 Å². The van der Waals surface area contributed by atoms with Crippen LogP contribution in [-0.4, -0.2) is 35.2 Å². The fourth-order valence-electron chi connectivity index (χ4n) is 1.42. The van der Waals surface area contributed by atoms with Crippen molar-refractivity contribution in [3.63, 3.8) is 0 Å². The molecular weight excluding hydrogens is 284 g/mol. The first-order chi connectivity index (χ1) is 10.7. The molecular formula is C17H22O5. The Labute approximate surface area is 131 Å². The number of methoxy groups -OCH3 is 4. The summed E-state index contributed by atoms with van der Waals surface area (Å²) >= 11 is 0. The summed E-state index contributed by atoms with van der Waals surface area (Å²) in [6.07, 6.45) is 0. The molecule has 0 aromatic heterocycles. The van der Waals surface area contributed by atoms with Crippen molar-refractivity contribution >= 4 is 6.79 Å². The molecule has 0 amide bonds. The van der Waals surface area contributed by atoms with Crippen LogP contribution in [0.15, 0.2) is 48.5 Å². The number of carbonyl (C=O) groups is 1. The van der Waals surface area contributed by atoms with Gasteiger partial charge in [-0.15, -0.1) is 0 Å². The smallest absolute Gasteiger partial charge is 0.119 e. The molecule has 0 radical (unpaired) electrons. The fourth-order valence-corrected chi connectivity index (χ4v) is 1.42. The molecule has 0 unspecified atom stereocenters. The second-order valence-corrected chi connectivity index (χ2v) is 3.76. The van der Waals surface area contributed by atoms with Gasteiger partial charge in [-0.1, -0.05) is 0 Å². The third-order valence-corrected chi connectivity index (χ3v) is 2.59. The van der Waals surface area contributed by atoms with Crippen LogP contribution < -0.4 is 18.9 Å². The molecule has 5 nitrogen and oxygen atoms in total. The fraction of sp³-hybridized carbons (Fsp3) is 0.235. The van der Waals surface area contributed by atoms with Gasteiger partial charge in [0.15, 0.2) is 0 Å². The molecule has 2 rings (SSSR count). The van der Waals surface area contributed by atoms with Crippen molar-refractivity contribution in [1.82, 2.24) is 0 Å². The van der Waals surface area contributed by atoms with Gasteiger partial charge in [0, 0.05) is 0 Å². The van der Waals surface area contributed by atoms with Crippen molar-refractivity contribution in [2.24, 2.45) is 0 Å². The Hall–Kier alpha value is -2.69. The summed E-state index contributed by atoms with van der Waals surface area (Å²) in [5.74, 6) is 3.39. The Kier molecular flexibility index (Phi) is 10.6. The maximum atomic E-state index is 8.00. The summed E-state index contributed by atoms with van der Waals surface area (Å²) in [5, 5.41) is 0. The summed E-state index contributed by atoms with van der Waals surface area (Å²) in [5.41, 5.74) is 0. The van der Waals surface area contributed by atoms with Crippen LogP contribution in [0.3, 0.4) is 0 Å². The highest BCUT2D eigenvalue weighted by atomic mass is 16.5. The third-order valence-electron chi connectivity index (χ3n) is 2.59. The number of rotatable bonds is 4. The lowest BCUT2D eigenvalue weighted by atomic mass is 10.3. The van der Waals surface area contributed by atoms with Gasteiger partial charge < -0.3 is 23.7 Å². The first-order valence-corrected chi connectivity index (χ1v) is 6.38. The molecule has 0 fully saturated rings. The van der Waals surface area contributed by atoms with E-state index in [2.05, 4.69) is 0 Å². The standard InChI is InChI=1S/2C8H10O2.CH2O/c2*1-9-7-3-5-8(10-2)6-4-7;1-2/h2*3-6H,1-2H3;1H2. The molecule has 0 saturated heterocycles. The number of hydrogen-bond donors (Lipinski definition) is 0. The third kappa shape index (κ3) is 7.19. The van der Waals surface area contributed by atoms with E-state index in [1.165, 1.54) is 0 Å². The molecule has 2 aromatic carbocycles. The summed E-state index contributed by atoms with van der Waals surface area (Å²) in [7, 11) is 6.56. The molecule has 0 heterocycles. The number of benzene rings is 2. The van der Waals surface area contributed by atoms with E-state index in [1.54, 1.807) is 28.4 Å². The van der Waals surface area contributed by atoms with Crippen molar-refractivity contribution in [3.8, 4) is 23.0 Å². The van der Waals surface area contributed by atoms with Gasteiger partial charge in [0.1, 0.15) is 29.8 Å². The minimum absolute atomic E-state index is 0.848. The van der Waals surface area contributed by atoms with Crippen molar-refractivity contribution in [2.75, 3.05) is 28.4 Å². The highest BCUT2D eigenvalue weighted by Gasteiger charge is 1.90. The zero-order valence-electron chi connectivity index (χ0n) is 13.4. The second-order valence-electron chi connectivity index (χ2n) is 3.76. The molecule has 0 aliphatic rings. The minimum atomic E-state index is 0.848. The average molecular weight is 306 g/mol. The molecule has 5 heteroatoms. The molecule has 0 saturated carbocycles. The molecule has 22 heavy (non-hydrogen) atoms. The lowest BCUT2D eigenvalue weighted by Gasteiger charge is -2.00. The van der Waals surface area contributed by atoms with Crippen molar-refractivity contribution in [2.45, 2.75) is 0 Å². The van der Waals surface area contributed by atoms with Crippen LogP contribution in [0.5, 0.6) is 23.0 Å². The van der Waals surface area contributed by atoms with E-state index >= 15 is 0 Å². The van der Waals surface area contributed by atoms with Crippen LogP contribution >= 0.6 is 0 Å². The number of hydrogen-bond acceptors (Lipinski definition) is 5. The lowest BCUT2D eigenvalue weighted by molar-refractivity contribution is -0.0979. The summed E-state index contributed by atoms with van der Waals surface area (Å²) in [4.78, 5) is 8.00. The maximum absolute atomic E-state index is 8.00. The van der Waals surface area contributed by atoms with Gasteiger partial charge in [-0.05, 0) is 48.5 Å². The molecule has 0 aliphatic heterocycles. The molecule has 0 atom stereocenters. The molecule has 0 aliphatic carbocycles. The SMILES string of the molecule is C=O.COc1ccc(OC)cc1.COc1ccc(OC)cc1. The zero-order valence-corrected chi connectivity index (χ0v) is 13.4. The number of carbonyl (C=O) groups excluding carboxylic acids is 1. The van der Waals surface area contributed by atoms with Gasteiger partial charge in [0.05, 0.1) is 28.4 Å². The molecule has 0 spiro atoms. The minimum Gasteiger partial charge on any atom is -0.497 e. The topological polar surface area (TPSA) is 54.0 Å². The van der Waals surface area contributed by atoms with Gasteiger partial charge in [-0.2, -0.15) is 0 Å². The van der Waals surface area contributed by atoms with E-state index in [9.17, 15) is 0 Å². The van der Waals surface area contributed by atoms with E-state index in [-0.39, 0.29) is 0 Å². The van der Waals surface area contributed by atoms with Crippen molar-refractivity contribution in [3.05, 3.63) is 48.5 Å². The van der Waals surface area contributed by atoms with E-state index in [4.69, 9.17) is 23.7 Å². The Bertz CT molecular complexity index is 400. The normalized spacial score (nSPS) is 8.36. The molecule has 2 aromatic rings. The van der Waals surface area contributed by atoms with Crippen LogP contribution in [0.25, 0.3) is 0 Å². The van der Waals surface area contributed by atoms with Crippen molar-refractivity contribution < 1.29 is 23.7 Å². The summed E-state index contributed by atoms with van der Waals surface area (Å²) in [6.45, 7) is 2.00. The highest BCUT2D eigenvalue weighted by molar-refractivity contribution is 5.31. The average Bonchev–Trinajstić information content (AvgIpc) is 2.64. The van der Waals surface area contributed by atoms with Gasteiger partial charge in [0.25, 0.3) is 0 Å². The van der Waals surface area contributed by atoms with Crippen LogP contribution in [0.4, 0.5) is 0 Å². The van der Waals surface area contributed by atoms with E-state index in [0.717, 1.165) is 23.0 Å². The largest absolute Gasteiger partial charge is 0.497 e. The maximum Gasteiger partial charge on any atom is 0.119 e. The van der Waals surface area contributed by atoms with Crippen LogP contribution in [-0.2, 0) is 4.79 Å². The van der Waals surface area contributed by atoms with Gasteiger partial charge in [-0.3, -0.25) is 0 Å². The van der Waals surface area contributed by atoms with Crippen LogP contribution in [0.2, 0.25) is 0 Å². The molecule has 0 N–H and O–H groups in total. The van der Waals surface area contributed by atoms with E-state index < -0.39 is 0 Å². The zero-order chi connectivity index (χ0) is 16.8. The summed E-state index contributed by atoms with van der Waals surface area (Å²) in [6, 6.07) is 14.9. The Morgan fingerprint density at radius 3 is 0.727 bits per heavy atom. The van der Waals surface area contributed by atoms with Crippen molar-refractivity contribution in [1.29, 1.82) is 0 Å². The predicted molar refractivity (Wildman–Crippen MR) is 86.2 cm³/mol. The van der Waals surface area contributed by atoms with E-state index in [0.29, 0.717) is 0 Å². The first kappa shape index (κ1) is 19.3. The Morgan fingerprint density at radius 2 is 0.636 bits per heavy atom. The predicted octanol–water partition coefficient (Wildman–Crippen LogP) is 3.22. The summed E-state index contributed by atoms with van der Waals surface area (Å²) < 4.78 is 19.8. The highest BCUT2D eigenvalue weighted by Crippen LogP contribution is 2.16. The lowest BCUT2D eigenvalue weighted by Crippen LogP contribution is -1.83. The Balaban J connectivity index is 0.000000360. The first-order valence-electron chi connectivity index (χ1n) is 6.38. The number of ether oxygens (including phenoxy) is 4. The van der Waals surface area contributed by atoms with Gasteiger partial charge in [-0.25, -0.2) is 0 Å². The molecule has 0 bridgehead atoms. The Morgan fingerprint density at radius 1 is 0.500 bits per heavy atom. The second kappa shape index (κ2) is 12.1. The van der Waals surface area contributed by atoms with E-state index in [1.807, 2.05) is 55.3 Å².